The molecule has 6 nitrogen and oxygen atoms in total. The molecule has 2 rings (SSSR count). The van der Waals surface area contributed by atoms with E-state index in [9.17, 15) is 0 Å². The Labute approximate surface area is 80.8 Å². The molecule has 1 aromatic rings. The van der Waals surface area contributed by atoms with E-state index in [1.54, 1.807) is 6.20 Å². The van der Waals surface area contributed by atoms with Crippen molar-refractivity contribution in [1.29, 1.82) is 0 Å². The number of hydrogen-bond acceptors (Lipinski definition) is 6. The molecule has 0 fully saturated rings. The molecule has 1 aliphatic rings. The molecule has 0 atom stereocenters. The SMILES string of the molecule is COc1nc(N)ncc1C1=NCCO1. The van der Waals surface area contributed by atoms with Crippen LogP contribution in [0.1, 0.15) is 5.56 Å². The summed E-state index contributed by atoms with van der Waals surface area (Å²) in [7, 11) is 1.51. The normalized spacial score (nSPS) is 14.8. The van der Waals surface area contributed by atoms with Crippen LogP contribution in [0, 0.1) is 0 Å². The zero-order valence-electron chi connectivity index (χ0n) is 7.73. The smallest absolute Gasteiger partial charge is 0.230 e. The Kier molecular flexibility index (Phi) is 2.18. The fourth-order valence-corrected chi connectivity index (χ4v) is 1.18. The molecule has 0 aliphatic carbocycles. The van der Waals surface area contributed by atoms with Gasteiger partial charge in [-0.1, -0.05) is 0 Å². The number of nitrogens with zero attached hydrogens (tertiary/aromatic N) is 3. The van der Waals surface area contributed by atoms with Gasteiger partial charge in [0.1, 0.15) is 12.2 Å². The summed E-state index contributed by atoms with van der Waals surface area (Å²) in [6.07, 6.45) is 1.55. The van der Waals surface area contributed by atoms with Gasteiger partial charge in [-0.05, 0) is 0 Å². The molecular formula is C8H10N4O2. The van der Waals surface area contributed by atoms with Gasteiger partial charge in [-0.3, -0.25) is 0 Å². The van der Waals surface area contributed by atoms with E-state index in [0.29, 0.717) is 30.5 Å². The second kappa shape index (κ2) is 3.49. The lowest BCUT2D eigenvalue weighted by Gasteiger charge is -2.06. The van der Waals surface area contributed by atoms with Gasteiger partial charge in [0.15, 0.2) is 0 Å². The Bertz CT molecular complexity index is 378. The van der Waals surface area contributed by atoms with Gasteiger partial charge < -0.3 is 15.2 Å². The monoisotopic (exact) mass is 194 g/mol. The predicted molar refractivity (Wildman–Crippen MR) is 50.4 cm³/mol. The minimum absolute atomic E-state index is 0.171. The molecule has 14 heavy (non-hydrogen) atoms. The highest BCUT2D eigenvalue weighted by Gasteiger charge is 2.17. The average molecular weight is 194 g/mol. The van der Waals surface area contributed by atoms with Crippen LogP contribution in [-0.2, 0) is 4.74 Å². The van der Waals surface area contributed by atoms with Crippen LogP contribution in [0.4, 0.5) is 5.95 Å². The van der Waals surface area contributed by atoms with E-state index in [0.717, 1.165) is 0 Å². The Balaban J connectivity index is 2.41. The maximum Gasteiger partial charge on any atom is 0.230 e. The summed E-state index contributed by atoms with van der Waals surface area (Å²) >= 11 is 0. The van der Waals surface area contributed by atoms with Crippen LogP contribution in [0.15, 0.2) is 11.2 Å². The maximum atomic E-state index is 5.42. The summed E-state index contributed by atoms with van der Waals surface area (Å²) < 4.78 is 10.3. The van der Waals surface area contributed by atoms with Crippen molar-refractivity contribution >= 4 is 11.8 Å². The minimum atomic E-state index is 0.171. The average Bonchev–Trinajstić information content (AvgIpc) is 2.70. The first-order valence-corrected chi connectivity index (χ1v) is 4.15. The number of rotatable bonds is 2. The third-order valence-corrected chi connectivity index (χ3v) is 1.78. The van der Waals surface area contributed by atoms with Gasteiger partial charge in [0.2, 0.25) is 17.7 Å². The predicted octanol–water partition coefficient (Wildman–Crippen LogP) is -0.156. The molecule has 0 amide bonds. The molecule has 0 spiro atoms. The Hall–Kier alpha value is -1.85. The fourth-order valence-electron chi connectivity index (χ4n) is 1.18. The molecule has 74 valence electrons. The lowest BCUT2D eigenvalue weighted by Crippen LogP contribution is -2.08. The van der Waals surface area contributed by atoms with Crippen LogP contribution >= 0.6 is 0 Å². The van der Waals surface area contributed by atoms with Gasteiger partial charge in [-0.25, -0.2) is 9.98 Å². The lowest BCUT2D eigenvalue weighted by atomic mass is 10.3. The van der Waals surface area contributed by atoms with Crippen LogP contribution in [0.3, 0.4) is 0 Å². The summed E-state index contributed by atoms with van der Waals surface area (Å²) in [4.78, 5) is 11.9. The molecule has 2 heterocycles. The summed E-state index contributed by atoms with van der Waals surface area (Å²) in [5.41, 5.74) is 6.06. The summed E-state index contributed by atoms with van der Waals surface area (Å²) in [6.45, 7) is 1.24. The first-order chi connectivity index (χ1) is 6.81. The number of aliphatic imine (C=N–C) groups is 1. The van der Waals surface area contributed by atoms with E-state index >= 15 is 0 Å². The van der Waals surface area contributed by atoms with E-state index in [1.165, 1.54) is 7.11 Å². The zero-order valence-corrected chi connectivity index (χ0v) is 7.73. The lowest BCUT2D eigenvalue weighted by molar-refractivity contribution is 0.343. The maximum absolute atomic E-state index is 5.42. The van der Waals surface area contributed by atoms with E-state index in [-0.39, 0.29) is 5.95 Å². The molecule has 0 unspecified atom stereocenters. The van der Waals surface area contributed by atoms with E-state index in [2.05, 4.69) is 15.0 Å². The van der Waals surface area contributed by atoms with Crippen molar-refractivity contribution < 1.29 is 9.47 Å². The third kappa shape index (κ3) is 1.46. The van der Waals surface area contributed by atoms with Crippen molar-refractivity contribution in [3.05, 3.63) is 11.8 Å². The van der Waals surface area contributed by atoms with E-state index in [1.807, 2.05) is 0 Å². The van der Waals surface area contributed by atoms with Crippen molar-refractivity contribution in [2.24, 2.45) is 4.99 Å². The summed E-state index contributed by atoms with van der Waals surface area (Å²) in [5.74, 6) is 1.07. The number of anilines is 1. The first kappa shape index (κ1) is 8.74. The van der Waals surface area contributed by atoms with Crippen LogP contribution in [-0.4, -0.2) is 36.1 Å². The molecule has 6 heteroatoms. The molecule has 0 bridgehead atoms. The quantitative estimate of drug-likeness (QED) is 0.707. The van der Waals surface area contributed by atoms with Crippen molar-refractivity contribution in [3.8, 4) is 5.88 Å². The van der Waals surface area contributed by atoms with E-state index in [4.69, 9.17) is 15.2 Å². The van der Waals surface area contributed by atoms with Gasteiger partial charge in [-0.2, -0.15) is 4.98 Å². The van der Waals surface area contributed by atoms with Crippen molar-refractivity contribution in [1.82, 2.24) is 9.97 Å². The number of ether oxygens (including phenoxy) is 2. The van der Waals surface area contributed by atoms with Gasteiger partial charge >= 0.3 is 0 Å². The number of methoxy groups -OCH3 is 1. The number of hydrogen-bond donors (Lipinski definition) is 1. The molecule has 1 aliphatic heterocycles. The highest BCUT2D eigenvalue weighted by molar-refractivity contribution is 5.96. The van der Waals surface area contributed by atoms with Crippen molar-refractivity contribution in [3.63, 3.8) is 0 Å². The van der Waals surface area contributed by atoms with Gasteiger partial charge in [0.25, 0.3) is 0 Å². The highest BCUT2D eigenvalue weighted by Crippen LogP contribution is 2.18. The van der Waals surface area contributed by atoms with Crippen LogP contribution in [0.2, 0.25) is 0 Å². The van der Waals surface area contributed by atoms with Crippen LogP contribution < -0.4 is 10.5 Å². The summed E-state index contributed by atoms with van der Waals surface area (Å²) in [5, 5.41) is 0. The van der Waals surface area contributed by atoms with Crippen molar-refractivity contribution in [2.45, 2.75) is 0 Å². The Morgan fingerprint density at radius 2 is 2.43 bits per heavy atom. The highest BCUT2D eigenvalue weighted by atomic mass is 16.5. The first-order valence-electron chi connectivity index (χ1n) is 4.15. The molecule has 0 aromatic carbocycles. The summed E-state index contributed by atoms with van der Waals surface area (Å²) in [6, 6.07) is 0. The molecular weight excluding hydrogens is 184 g/mol. The Morgan fingerprint density at radius 3 is 3.07 bits per heavy atom. The van der Waals surface area contributed by atoms with Crippen LogP contribution in [0.25, 0.3) is 0 Å². The number of nitrogens with two attached hydrogens (primary N) is 1. The van der Waals surface area contributed by atoms with Crippen molar-refractivity contribution in [2.75, 3.05) is 26.0 Å². The molecule has 0 radical (unpaired) electrons. The molecule has 1 aromatic heterocycles. The molecule has 0 saturated carbocycles. The number of nitrogen functional groups attached to an aromatic ring is 1. The molecule has 0 saturated heterocycles. The fraction of sp³-hybridized carbons (Fsp3) is 0.375. The second-order valence-corrected chi connectivity index (χ2v) is 2.69. The third-order valence-electron chi connectivity index (χ3n) is 1.78. The second-order valence-electron chi connectivity index (χ2n) is 2.69. The van der Waals surface area contributed by atoms with Gasteiger partial charge in [-0.15, -0.1) is 0 Å². The van der Waals surface area contributed by atoms with E-state index < -0.39 is 0 Å². The van der Waals surface area contributed by atoms with Gasteiger partial charge in [0.05, 0.1) is 13.7 Å². The van der Waals surface area contributed by atoms with Crippen LogP contribution in [0.5, 0.6) is 5.88 Å². The standard InChI is InChI=1S/C8H10N4O2/c1-13-7-5(4-11-8(9)12-7)6-10-2-3-14-6/h4H,2-3H2,1H3,(H2,9,11,12). The largest absolute Gasteiger partial charge is 0.480 e. The minimum Gasteiger partial charge on any atom is -0.480 e. The zero-order chi connectivity index (χ0) is 9.97. The topological polar surface area (TPSA) is 82.6 Å². The Morgan fingerprint density at radius 1 is 1.57 bits per heavy atom. The molecule has 2 N–H and O–H groups in total. The number of aromatic nitrogens is 2. The van der Waals surface area contributed by atoms with Gasteiger partial charge in [0, 0.05) is 6.20 Å².